The first kappa shape index (κ1) is 12.6. The van der Waals surface area contributed by atoms with Gasteiger partial charge in [-0.25, -0.2) is 4.98 Å². The van der Waals surface area contributed by atoms with Crippen molar-refractivity contribution >= 4 is 10.9 Å². The van der Waals surface area contributed by atoms with Crippen molar-refractivity contribution in [2.75, 3.05) is 7.11 Å². The molecular weight excluding hydrogens is 254 g/mol. The maximum absolute atomic E-state index is 6.31. The number of fused-ring (bicyclic) bond motifs is 1. The molecule has 0 radical (unpaired) electrons. The van der Waals surface area contributed by atoms with Crippen molar-refractivity contribution in [1.29, 1.82) is 0 Å². The summed E-state index contributed by atoms with van der Waals surface area (Å²) in [7, 11) is 3.45. The van der Waals surface area contributed by atoms with E-state index in [2.05, 4.69) is 15.1 Å². The van der Waals surface area contributed by atoms with E-state index in [-0.39, 0.29) is 0 Å². The van der Waals surface area contributed by atoms with E-state index in [9.17, 15) is 0 Å². The Morgan fingerprint density at radius 2 is 1.90 bits per heavy atom. The summed E-state index contributed by atoms with van der Waals surface area (Å²) in [4.78, 5) is 8.41. The molecule has 3 aromatic rings. The van der Waals surface area contributed by atoms with Gasteiger partial charge in [-0.15, -0.1) is 0 Å². The minimum absolute atomic E-state index is 0.426. The molecule has 1 atom stereocenters. The van der Waals surface area contributed by atoms with E-state index in [1.54, 1.807) is 19.5 Å². The van der Waals surface area contributed by atoms with Crippen molar-refractivity contribution < 1.29 is 4.74 Å². The maximum Gasteiger partial charge on any atom is 0.237 e. The largest absolute Gasteiger partial charge is 0.480 e. The van der Waals surface area contributed by atoms with Crippen molar-refractivity contribution in [2.24, 2.45) is 12.8 Å². The molecular formula is C14H15N5O. The second-order valence-corrected chi connectivity index (χ2v) is 4.45. The molecule has 0 fully saturated rings. The first-order valence-corrected chi connectivity index (χ1v) is 6.24. The summed E-state index contributed by atoms with van der Waals surface area (Å²) in [6.45, 7) is 0. The van der Waals surface area contributed by atoms with Gasteiger partial charge in [0.05, 0.1) is 24.4 Å². The highest BCUT2D eigenvalue weighted by molar-refractivity contribution is 5.82. The Hall–Kier alpha value is -2.47. The molecule has 0 saturated heterocycles. The number of aryl methyl sites for hydroxylation is 1. The number of aromatic nitrogens is 4. The molecule has 102 valence electrons. The second-order valence-electron chi connectivity index (χ2n) is 4.45. The molecule has 0 bridgehead atoms. The predicted octanol–water partition coefficient (Wildman–Crippen LogP) is 1.42. The summed E-state index contributed by atoms with van der Waals surface area (Å²) in [6, 6.07) is 7.47. The smallest absolute Gasteiger partial charge is 0.237 e. The molecule has 6 nitrogen and oxygen atoms in total. The molecule has 20 heavy (non-hydrogen) atoms. The van der Waals surface area contributed by atoms with Crippen LogP contribution in [0.4, 0.5) is 0 Å². The van der Waals surface area contributed by atoms with E-state index in [4.69, 9.17) is 10.5 Å². The minimum Gasteiger partial charge on any atom is -0.480 e. The van der Waals surface area contributed by atoms with E-state index in [0.717, 1.165) is 16.6 Å². The lowest BCUT2D eigenvalue weighted by Gasteiger charge is -2.11. The summed E-state index contributed by atoms with van der Waals surface area (Å²) in [5.74, 6) is 0.426. The van der Waals surface area contributed by atoms with Crippen LogP contribution >= 0.6 is 0 Å². The average Bonchev–Trinajstić information content (AvgIpc) is 2.84. The molecule has 0 aliphatic carbocycles. The van der Waals surface area contributed by atoms with Crippen LogP contribution in [0, 0.1) is 0 Å². The van der Waals surface area contributed by atoms with Crippen molar-refractivity contribution in [2.45, 2.75) is 6.04 Å². The van der Waals surface area contributed by atoms with Gasteiger partial charge < -0.3 is 10.5 Å². The highest BCUT2D eigenvalue weighted by atomic mass is 16.5. The Labute approximate surface area is 116 Å². The number of ether oxygens (including phenoxy) is 1. The van der Waals surface area contributed by atoms with E-state index < -0.39 is 6.04 Å². The Kier molecular flexibility index (Phi) is 3.08. The van der Waals surface area contributed by atoms with Gasteiger partial charge in [0.2, 0.25) is 5.88 Å². The van der Waals surface area contributed by atoms with Gasteiger partial charge in [0, 0.05) is 24.8 Å². The van der Waals surface area contributed by atoms with Crippen molar-refractivity contribution in [3.05, 3.63) is 48.0 Å². The van der Waals surface area contributed by atoms with Gasteiger partial charge >= 0.3 is 0 Å². The normalized spacial score (nSPS) is 12.6. The van der Waals surface area contributed by atoms with Crippen LogP contribution in [0.5, 0.6) is 5.88 Å². The monoisotopic (exact) mass is 269 g/mol. The molecule has 2 heterocycles. The Morgan fingerprint density at radius 3 is 2.70 bits per heavy atom. The third-order valence-corrected chi connectivity index (χ3v) is 3.26. The molecule has 1 unspecified atom stereocenters. The highest BCUT2D eigenvalue weighted by Crippen LogP contribution is 2.28. The van der Waals surface area contributed by atoms with Crippen molar-refractivity contribution in [3.8, 4) is 5.88 Å². The summed E-state index contributed by atoms with van der Waals surface area (Å²) >= 11 is 0. The van der Waals surface area contributed by atoms with Gasteiger partial charge in [-0.05, 0) is 6.07 Å². The van der Waals surface area contributed by atoms with Crippen LogP contribution in [-0.4, -0.2) is 26.9 Å². The lowest BCUT2D eigenvalue weighted by Crippen LogP contribution is -2.16. The van der Waals surface area contributed by atoms with E-state index in [1.165, 1.54) is 0 Å². The third kappa shape index (κ3) is 1.90. The number of methoxy groups -OCH3 is 1. The fourth-order valence-electron chi connectivity index (χ4n) is 2.31. The highest BCUT2D eigenvalue weighted by Gasteiger charge is 2.21. The van der Waals surface area contributed by atoms with Crippen LogP contribution in [0.25, 0.3) is 10.9 Å². The number of para-hydroxylation sites is 1. The molecule has 1 aromatic carbocycles. The second kappa shape index (κ2) is 4.90. The summed E-state index contributed by atoms with van der Waals surface area (Å²) in [5.41, 5.74) is 8.69. The number of nitrogens with two attached hydrogens (primary N) is 1. The maximum atomic E-state index is 6.31. The third-order valence-electron chi connectivity index (χ3n) is 3.26. The SMILES string of the molecule is COc1nccnc1C(N)c1nn(C)c2ccccc12. The van der Waals surface area contributed by atoms with E-state index in [1.807, 2.05) is 36.0 Å². The minimum atomic E-state index is -0.482. The topological polar surface area (TPSA) is 78.8 Å². The molecule has 0 saturated carbocycles. The van der Waals surface area contributed by atoms with Gasteiger partial charge in [-0.3, -0.25) is 9.67 Å². The van der Waals surface area contributed by atoms with Crippen LogP contribution in [0.2, 0.25) is 0 Å². The van der Waals surface area contributed by atoms with Crippen molar-refractivity contribution in [3.63, 3.8) is 0 Å². The molecule has 0 amide bonds. The zero-order chi connectivity index (χ0) is 14.1. The lowest BCUT2D eigenvalue weighted by atomic mass is 10.1. The quantitative estimate of drug-likeness (QED) is 0.778. The zero-order valence-electron chi connectivity index (χ0n) is 11.3. The molecule has 0 spiro atoms. The van der Waals surface area contributed by atoms with Crippen molar-refractivity contribution in [1.82, 2.24) is 19.7 Å². The number of nitrogens with zero attached hydrogens (tertiary/aromatic N) is 4. The molecule has 6 heteroatoms. The predicted molar refractivity (Wildman–Crippen MR) is 75.3 cm³/mol. The number of hydrogen-bond donors (Lipinski definition) is 1. The Bertz CT molecular complexity index is 752. The first-order chi connectivity index (χ1) is 9.72. The molecule has 0 aliphatic heterocycles. The molecule has 0 aliphatic rings. The van der Waals surface area contributed by atoms with Crippen LogP contribution in [0.3, 0.4) is 0 Å². The first-order valence-electron chi connectivity index (χ1n) is 6.24. The van der Waals surface area contributed by atoms with Gasteiger partial charge in [0.1, 0.15) is 5.69 Å². The van der Waals surface area contributed by atoms with Crippen LogP contribution in [0.1, 0.15) is 17.4 Å². The van der Waals surface area contributed by atoms with Crippen LogP contribution in [-0.2, 0) is 7.05 Å². The zero-order valence-corrected chi connectivity index (χ0v) is 11.3. The summed E-state index contributed by atoms with van der Waals surface area (Å²) < 4.78 is 7.03. The van der Waals surface area contributed by atoms with Gasteiger partial charge in [0.25, 0.3) is 0 Å². The molecule has 2 N–H and O–H groups in total. The van der Waals surface area contributed by atoms with Gasteiger partial charge in [-0.1, -0.05) is 18.2 Å². The Balaban J connectivity index is 2.15. The fraction of sp³-hybridized carbons (Fsp3) is 0.214. The Morgan fingerprint density at radius 1 is 1.15 bits per heavy atom. The number of hydrogen-bond acceptors (Lipinski definition) is 5. The average molecular weight is 269 g/mol. The number of rotatable bonds is 3. The lowest BCUT2D eigenvalue weighted by molar-refractivity contribution is 0.386. The number of benzene rings is 1. The molecule has 3 rings (SSSR count). The molecule has 2 aromatic heterocycles. The van der Waals surface area contributed by atoms with E-state index in [0.29, 0.717) is 11.6 Å². The fourth-order valence-corrected chi connectivity index (χ4v) is 2.31. The standard InChI is InChI=1S/C14H15N5O/c1-19-10-6-4-3-5-9(10)12(18-19)11(15)13-14(20-2)17-8-7-16-13/h3-8,11H,15H2,1-2H3. The summed E-state index contributed by atoms with van der Waals surface area (Å²) in [5, 5.41) is 5.52. The van der Waals surface area contributed by atoms with Gasteiger partial charge in [-0.2, -0.15) is 5.10 Å². The van der Waals surface area contributed by atoms with Crippen LogP contribution in [0.15, 0.2) is 36.7 Å². The van der Waals surface area contributed by atoms with Gasteiger partial charge in [0.15, 0.2) is 0 Å². The summed E-state index contributed by atoms with van der Waals surface area (Å²) in [6.07, 6.45) is 3.18. The van der Waals surface area contributed by atoms with Crippen LogP contribution < -0.4 is 10.5 Å². The van der Waals surface area contributed by atoms with E-state index >= 15 is 0 Å².